The molecule has 3 aromatic rings. The molecule has 0 fully saturated rings. The highest BCUT2D eigenvalue weighted by Crippen LogP contribution is 2.14. The van der Waals surface area contributed by atoms with Crippen LogP contribution < -0.4 is 16.0 Å². The zero-order valence-corrected chi connectivity index (χ0v) is 14.8. The molecule has 0 aliphatic rings. The Morgan fingerprint density at radius 3 is 2.85 bits per heavy atom. The van der Waals surface area contributed by atoms with Crippen LogP contribution in [0.25, 0.3) is 11.0 Å². The van der Waals surface area contributed by atoms with E-state index in [0.29, 0.717) is 18.8 Å². The molecule has 136 valence electrons. The number of amides is 3. The first-order valence-corrected chi connectivity index (χ1v) is 8.41. The first-order chi connectivity index (χ1) is 13.2. The second-order valence-electron chi connectivity index (χ2n) is 5.78. The molecule has 2 aromatic heterocycles. The number of nitrogens with zero attached hydrogens (tertiary/aromatic N) is 1. The van der Waals surface area contributed by atoms with Gasteiger partial charge in [0.1, 0.15) is 5.65 Å². The van der Waals surface area contributed by atoms with E-state index in [1.165, 1.54) is 0 Å². The Kier molecular flexibility index (Phi) is 5.70. The minimum Gasteiger partial charge on any atom is -0.346 e. The van der Waals surface area contributed by atoms with Gasteiger partial charge in [0.15, 0.2) is 0 Å². The number of H-pyrrole nitrogens is 1. The number of aromatic nitrogens is 2. The molecule has 0 bridgehead atoms. The van der Waals surface area contributed by atoms with Gasteiger partial charge in [0, 0.05) is 36.6 Å². The number of urea groups is 1. The van der Waals surface area contributed by atoms with Crippen LogP contribution in [0.2, 0.25) is 0 Å². The maximum atomic E-state index is 12.1. The van der Waals surface area contributed by atoms with Crippen molar-refractivity contribution in [3.63, 3.8) is 0 Å². The summed E-state index contributed by atoms with van der Waals surface area (Å²) < 4.78 is 0. The molecule has 0 saturated carbocycles. The number of anilines is 1. The fourth-order valence-corrected chi connectivity index (χ4v) is 2.63. The monoisotopic (exact) mass is 361 g/mol. The van der Waals surface area contributed by atoms with Crippen molar-refractivity contribution in [1.29, 1.82) is 0 Å². The maximum Gasteiger partial charge on any atom is 0.315 e. The van der Waals surface area contributed by atoms with Crippen LogP contribution in [0.4, 0.5) is 10.5 Å². The molecular weight excluding hydrogens is 342 g/mol. The van der Waals surface area contributed by atoms with E-state index >= 15 is 0 Å². The van der Waals surface area contributed by atoms with Gasteiger partial charge in [-0.1, -0.05) is 18.1 Å². The molecular formula is C20H19N5O2. The van der Waals surface area contributed by atoms with Crippen LogP contribution in [0.5, 0.6) is 0 Å². The van der Waals surface area contributed by atoms with Crippen LogP contribution in [-0.2, 0) is 17.9 Å². The zero-order chi connectivity index (χ0) is 19.1. The predicted octanol–water partition coefficient (Wildman–Crippen LogP) is 2.52. The van der Waals surface area contributed by atoms with Gasteiger partial charge in [-0.3, -0.25) is 4.79 Å². The minimum absolute atomic E-state index is 0.276. The number of carbonyl (C=O) groups excluding carboxylic acids is 2. The number of hydrogen-bond donors (Lipinski definition) is 4. The maximum absolute atomic E-state index is 12.1. The Bertz CT molecular complexity index is 1030. The van der Waals surface area contributed by atoms with Gasteiger partial charge < -0.3 is 20.9 Å². The number of aromatic amines is 1. The highest BCUT2D eigenvalue weighted by molar-refractivity contribution is 6.03. The molecule has 0 saturated heterocycles. The molecule has 0 aliphatic heterocycles. The normalized spacial score (nSPS) is 9.96. The second-order valence-corrected chi connectivity index (χ2v) is 5.78. The van der Waals surface area contributed by atoms with Gasteiger partial charge in [0.05, 0.1) is 0 Å². The van der Waals surface area contributed by atoms with Crippen molar-refractivity contribution in [2.45, 2.75) is 20.0 Å². The molecule has 0 spiro atoms. The second kappa shape index (κ2) is 8.54. The lowest BCUT2D eigenvalue weighted by Crippen LogP contribution is -2.34. The third-order valence-corrected chi connectivity index (χ3v) is 3.87. The number of rotatable bonds is 5. The van der Waals surface area contributed by atoms with Crippen LogP contribution in [0.3, 0.4) is 0 Å². The smallest absolute Gasteiger partial charge is 0.315 e. The Morgan fingerprint density at radius 1 is 1.15 bits per heavy atom. The highest BCUT2D eigenvalue weighted by Gasteiger charge is 2.06. The standard InChI is InChI=1S/C20H19N5O2/c1-2-4-18(26)25-16-6-3-5-14(11-16)12-23-20(27)24-13-15-7-9-21-19-17(15)8-10-22-19/h3,5-11H,12-13H2,1H3,(H,21,22)(H,25,26)(H2,23,24,27). The topological polar surface area (TPSA) is 98.9 Å². The van der Waals surface area contributed by atoms with Crippen molar-refractivity contribution < 1.29 is 9.59 Å². The van der Waals surface area contributed by atoms with Crippen LogP contribution in [0.1, 0.15) is 18.1 Å². The van der Waals surface area contributed by atoms with E-state index in [4.69, 9.17) is 0 Å². The third kappa shape index (κ3) is 4.86. The van der Waals surface area contributed by atoms with Crippen molar-refractivity contribution in [3.8, 4) is 11.8 Å². The summed E-state index contributed by atoms with van der Waals surface area (Å²) >= 11 is 0. The average Bonchev–Trinajstić information content (AvgIpc) is 3.14. The molecule has 7 heteroatoms. The molecule has 7 nitrogen and oxygen atoms in total. The molecule has 0 atom stereocenters. The number of nitrogens with one attached hydrogen (secondary N) is 4. The average molecular weight is 361 g/mol. The highest BCUT2D eigenvalue weighted by atomic mass is 16.2. The number of fused-ring (bicyclic) bond motifs is 1. The Hall–Kier alpha value is -3.79. The Labute approximate surface area is 156 Å². The van der Waals surface area contributed by atoms with Gasteiger partial charge in [-0.2, -0.15) is 0 Å². The lowest BCUT2D eigenvalue weighted by Gasteiger charge is -2.09. The molecule has 27 heavy (non-hydrogen) atoms. The summed E-state index contributed by atoms with van der Waals surface area (Å²) in [5.74, 6) is 4.60. The summed E-state index contributed by atoms with van der Waals surface area (Å²) in [6, 6.07) is 10.8. The van der Waals surface area contributed by atoms with Gasteiger partial charge in [-0.05, 0) is 48.2 Å². The fourth-order valence-electron chi connectivity index (χ4n) is 2.63. The fraction of sp³-hybridized carbons (Fsp3) is 0.150. The number of hydrogen-bond acceptors (Lipinski definition) is 3. The first kappa shape index (κ1) is 18.0. The number of benzene rings is 1. The molecule has 0 radical (unpaired) electrons. The van der Waals surface area contributed by atoms with Crippen LogP contribution >= 0.6 is 0 Å². The summed E-state index contributed by atoms with van der Waals surface area (Å²) in [5, 5.41) is 9.30. The van der Waals surface area contributed by atoms with Crippen molar-refractivity contribution in [2.24, 2.45) is 0 Å². The van der Waals surface area contributed by atoms with E-state index in [-0.39, 0.29) is 11.9 Å². The van der Waals surface area contributed by atoms with Gasteiger partial charge >= 0.3 is 6.03 Å². The summed E-state index contributed by atoms with van der Waals surface area (Å²) in [5.41, 5.74) is 3.28. The minimum atomic E-state index is -0.367. The lowest BCUT2D eigenvalue weighted by molar-refractivity contribution is -0.111. The molecule has 4 N–H and O–H groups in total. The predicted molar refractivity (Wildman–Crippen MR) is 104 cm³/mol. The lowest BCUT2D eigenvalue weighted by atomic mass is 10.2. The van der Waals surface area contributed by atoms with Crippen LogP contribution in [0.15, 0.2) is 48.8 Å². The largest absolute Gasteiger partial charge is 0.346 e. The van der Waals surface area contributed by atoms with Gasteiger partial charge in [-0.25, -0.2) is 9.78 Å². The van der Waals surface area contributed by atoms with Crippen molar-refractivity contribution in [1.82, 2.24) is 20.6 Å². The van der Waals surface area contributed by atoms with Crippen molar-refractivity contribution >= 4 is 28.7 Å². The zero-order valence-electron chi connectivity index (χ0n) is 14.8. The van der Waals surface area contributed by atoms with Gasteiger partial charge in [-0.15, -0.1) is 0 Å². The molecule has 1 aromatic carbocycles. The number of carbonyl (C=O) groups is 2. The molecule has 0 unspecified atom stereocenters. The van der Waals surface area contributed by atoms with E-state index in [1.54, 1.807) is 25.3 Å². The Morgan fingerprint density at radius 2 is 2.00 bits per heavy atom. The van der Waals surface area contributed by atoms with Crippen LogP contribution in [0, 0.1) is 11.8 Å². The van der Waals surface area contributed by atoms with Crippen LogP contribution in [-0.4, -0.2) is 21.9 Å². The van der Waals surface area contributed by atoms with E-state index in [1.807, 2.05) is 30.5 Å². The van der Waals surface area contributed by atoms with Crippen molar-refractivity contribution in [3.05, 3.63) is 59.9 Å². The summed E-state index contributed by atoms with van der Waals surface area (Å²) in [4.78, 5) is 30.9. The number of pyridine rings is 1. The molecule has 3 rings (SSSR count). The van der Waals surface area contributed by atoms with Crippen molar-refractivity contribution in [2.75, 3.05) is 5.32 Å². The quantitative estimate of drug-likeness (QED) is 0.526. The SMILES string of the molecule is CC#CC(=O)Nc1cccc(CNC(=O)NCc2ccnc3[nH]ccc23)c1. The van der Waals surface area contributed by atoms with E-state index in [9.17, 15) is 9.59 Å². The van der Waals surface area contributed by atoms with Gasteiger partial charge in [0.2, 0.25) is 0 Å². The molecule has 0 aliphatic carbocycles. The first-order valence-electron chi connectivity index (χ1n) is 8.41. The summed E-state index contributed by atoms with van der Waals surface area (Å²) in [6.45, 7) is 2.34. The van der Waals surface area contributed by atoms with E-state index in [2.05, 4.69) is 37.8 Å². The summed E-state index contributed by atoms with van der Waals surface area (Å²) in [6.07, 6.45) is 3.52. The molecule has 2 heterocycles. The summed E-state index contributed by atoms with van der Waals surface area (Å²) in [7, 11) is 0. The van der Waals surface area contributed by atoms with E-state index in [0.717, 1.165) is 22.2 Å². The molecule has 3 amide bonds. The third-order valence-electron chi connectivity index (χ3n) is 3.87. The Balaban J connectivity index is 1.52. The van der Waals surface area contributed by atoms with E-state index < -0.39 is 0 Å². The van der Waals surface area contributed by atoms with Gasteiger partial charge in [0.25, 0.3) is 5.91 Å².